The summed E-state index contributed by atoms with van der Waals surface area (Å²) in [6, 6.07) is 0. The van der Waals surface area contributed by atoms with Gasteiger partial charge in [0.25, 0.3) is 0 Å². The molecule has 0 aromatic rings. The number of rotatable bonds is 5. The molecule has 0 spiro atoms. The first-order chi connectivity index (χ1) is 5.31. The van der Waals surface area contributed by atoms with Crippen LogP contribution in [-0.4, -0.2) is 10.9 Å². The number of hydrogen-bond donors (Lipinski definition) is 0. The second-order valence-electron chi connectivity index (χ2n) is 2.37. The van der Waals surface area contributed by atoms with E-state index in [0.29, 0.717) is 0 Å². The minimum atomic E-state index is 0.184. The number of thioether (sulfide) groups is 1. The molecule has 11 heavy (non-hydrogen) atoms. The molecule has 0 aromatic heterocycles. The average Bonchev–Trinajstić information content (AvgIpc) is 1.99. The lowest BCUT2D eigenvalue weighted by Gasteiger charge is -1.94. The Bertz CT molecular complexity index is 130. The highest BCUT2D eigenvalue weighted by molar-refractivity contribution is 8.14. The van der Waals surface area contributed by atoms with Crippen LogP contribution in [0.1, 0.15) is 33.1 Å². The SMILES string of the molecule is C/C=C/C(=O)SCCCCC. The molecule has 1 nitrogen and oxygen atoms in total. The highest BCUT2D eigenvalue weighted by Crippen LogP contribution is 2.07. The molecular formula is C9H16OS. The molecule has 0 amide bonds. The van der Waals surface area contributed by atoms with Gasteiger partial charge in [-0.15, -0.1) is 0 Å². The predicted molar refractivity (Wildman–Crippen MR) is 51.8 cm³/mol. The van der Waals surface area contributed by atoms with Gasteiger partial charge in [0.15, 0.2) is 0 Å². The van der Waals surface area contributed by atoms with Gasteiger partial charge >= 0.3 is 0 Å². The van der Waals surface area contributed by atoms with E-state index in [1.807, 2.05) is 6.92 Å². The topological polar surface area (TPSA) is 17.1 Å². The van der Waals surface area contributed by atoms with Crippen LogP contribution in [0.2, 0.25) is 0 Å². The van der Waals surface area contributed by atoms with E-state index in [4.69, 9.17) is 0 Å². The van der Waals surface area contributed by atoms with Crippen molar-refractivity contribution in [3.63, 3.8) is 0 Å². The fourth-order valence-electron chi connectivity index (χ4n) is 0.709. The van der Waals surface area contributed by atoms with Crippen LogP contribution >= 0.6 is 11.8 Å². The van der Waals surface area contributed by atoms with E-state index < -0.39 is 0 Å². The third kappa shape index (κ3) is 7.66. The van der Waals surface area contributed by atoms with Gasteiger partial charge in [-0.3, -0.25) is 4.79 Å². The van der Waals surface area contributed by atoms with Gasteiger partial charge in [-0.05, 0) is 19.4 Å². The molecule has 2 heteroatoms. The van der Waals surface area contributed by atoms with Gasteiger partial charge in [-0.2, -0.15) is 0 Å². The van der Waals surface area contributed by atoms with Gasteiger partial charge in [0.05, 0.1) is 0 Å². The monoisotopic (exact) mass is 172 g/mol. The lowest BCUT2D eigenvalue weighted by Crippen LogP contribution is -1.87. The van der Waals surface area contributed by atoms with Gasteiger partial charge in [0.2, 0.25) is 5.12 Å². The van der Waals surface area contributed by atoms with E-state index in [-0.39, 0.29) is 5.12 Å². The van der Waals surface area contributed by atoms with Crippen LogP contribution in [0.3, 0.4) is 0 Å². The first kappa shape index (κ1) is 10.8. The van der Waals surface area contributed by atoms with Crippen molar-refractivity contribution < 1.29 is 4.79 Å². The average molecular weight is 172 g/mol. The molecule has 0 aliphatic heterocycles. The zero-order valence-corrected chi connectivity index (χ0v) is 8.12. The fraction of sp³-hybridized carbons (Fsp3) is 0.667. The van der Waals surface area contributed by atoms with Crippen molar-refractivity contribution >= 4 is 16.9 Å². The summed E-state index contributed by atoms with van der Waals surface area (Å²) in [6.07, 6.45) is 7.02. The van der Waals surface area contributed by atoms with Crippen molar-refractivity contribution in [2.75, 3.05) is 5.75 Å². The molecule has 0 aromatic carbocycles. The number of carbonyl (C=O) groups is 1. The first-order valence-electron chi connectivity index (χ1n) is 4.10. The van der Waals surface area contributed by atoms with Gasteiger partial charge in [-0.25, -0.2) is 0 Å². The van der Waals surface area contributed by atoms with Crippen LogP contribution in [0, 0.1) is 0 Å². The maximum Gasteiger partial charge on any atom is 0.211 e. The summed E-state index contributed by atoms with van der Waals surface area (Å²) >= 11 is 1.42. The smallest absolute Gasteiger partial charge is 0.211 e. The van der Waals surface area contributed by atoms with E-state index >= 15 is 0 Å². The summed E-state index contributed by atoms with van der Waals surface area (Å²) in [5.74, 6) is 0.969. The number of carbonyl (C=O) groups excluding carboxylic acids is 1. The molecule has 64 valence electrons. The Kier molecular flexibility index (Phi) is 7.69. The quantitative estimate of drug-likeness (QED) is 0.468. The standard InChI is InChI=1S/C9H16OS/c1-3-5-6-8-11-9(10)7-4-2/h4,7H,3,5-6,8H2,1-2H3/b7-4+. The molecule has 0 atom stereocenters. The molecule has 0 rings (SSSR count). The third-order valence-corrected chi connectivity index (χ3v) is 2.21. The minimum Gasteiger partial charge on any atom is -0.282 e. The Balaban J connectivity index is 3.17. The van der Waals surface area contributed by atoms with Gasteiger partial charge in [-0.1, -0.05) is 37.6 Å². The van der Waals surface area contributed by atoms with Crippen LogP contribution in [0.15, 0.2) is 12.2 Å². The Morgan fingerprint density at radius 2 is 2.18 bits per heavy atom. The molecule has 0 saturated carbocycles. The predicted octanol–water partition coefficient (Wildman–Crippen LogP) is 3.01. The van der Waals surface area contributed by atoms with Crippen LogP contribution in [0.25, 0.3) is 0 Å². The van der Waals surface area contributed by atoms with Gasteiger partial charge < -0.3 is 0 Å². The number of hydrogen-bond acceptors (Lipinski definition) is 2. The second-order valence-corrected chi connectivity index (χ2v) is 3.47. The molecule has 0 aliphatic rings. The molecular weight excluding hydrogens is 156 g/mol. The zero-order valence-electron chi connectivity index (χ0n) is 7.30. The van der Waals surface area contributed by atoms with Crippen molar-refractivity contribution in [1.82, 2.24) is 0 Å². The molecule has 0 saturated heterocycles. The Hall–Kier alpha value is -0.240. The van der Waals surface area contributed by atoms with Crippen LogP contribution in [0.4, 0.5) is 0 Å². The molecule has 0 unspecified atom stereocenters. The third-order valence-electron chi connectivity index (χ3n) is 1.29. The van der Waals surface area contributed by atoms with Crippen molar-refractivity contribution in [1.29, 1.82) is 0 Å². The number of allylic oxidation sites excluding steroid dienone is 1. The normalized spacial score (nSPS) is 10.7. The van der Waals surface area contributed by atoms with E-state index in [0.717, 1.165) is 12.2 Å². The fourth-order valence-corrected chi connectivity index (χ4v) is 1.49. The van der Waals surface area contributed by atoms with Crippen molar-refractivity contribution in [3.8, 4) is 0 Å². The van der Waals surface area contributed by atoms with Crippen molar-refractivity contribution in [3.05, 3.63) is 12.2 Å². The highest BCUT2D eigenvalue weighted by Gasteiger charge is 1.94. The Morgan fingerprint density at radius 1 is 1.45 bits per heavy atom. The summed E-state index contributed by atoms with van der Waals surface area (Å²) in [5.41, 5.74) is 0. The van der Waals surface area contributed by atoms with Gasteiger partial charge in [0.1, 0.15) is 0 Å². The minimum absolute atomic E-state index is 0.184. The van der Waals surface area contributed by atoms with Crippen molar-refractivity contribution in [2.24, 2.45) is 0 Å². The maximum atomic E-state index is 10.9. The maximum absolute atomic E-state index is 10.9. The molecule has 0 N–H and O–H groups in total. The molecule has 0 bridgehead atoms. The van der Waals surface area contributed by atoms with Crippen LogP contribution in [0.5, 0.6) is 0 Å². The molecule has 0 aliphatic carbocycles. The molecule has 0 heterocycles. The molecule has 0 radical (unpaired) electrons. The van der Waals surface area contributed by atoms with E-state index in [1.165, 1.54) is 24.6 Å². The first-order valence-corrected chi connectivity index (χ1v) is 5.09. The summed E-state index contributed by atoms with van der Waals surface area (Å²) in [4.78, 5) is 10.9. The summed E-state index contributed by atoms with van der Waals surface area (Å²) < 4.78 is 0. The lowest BCUT2D eigenvalue weighted by atomic mass is 10.3. The Labute approximate surface area is 73.3 Å². The summed E-state index contributed by atoms with van der Waals surface area (Å²) in [7, 11) is 0. The van der Waals surface area contributed by atoms with Crippen LogP contribution < -0.4 is 0 Å². The summed E-state index contributed by atoms with van der Waals surface area (Å²) in [6.45, 7) is 4.03. The van der Waals surface area contributed by atoms with Crippen LogP contribution in [-0.2, 0) is 4.79 Å². The van der Waals surface area contributed by atoms with E-state index in [1.54, 1.807) is 12.2 Å². The zero-order chi connectivity index (χ0) is 8.53. The van der Waals surface area contributed by atoms with Gasteiger partial charge in [0, 0.05) is 5.75 Å². The second kappa shape index (κ2) is 7.86. The Morgan fingerprint density at radius 3 is 2.73 bits per heavy atom. The van der Waals surface area contributed by atoms with E-state index in [2.05, 4.69) is 6.92 Å². The number of unbranched alkanes of at least 4 members (excludes halogenated alkanes) is 2. The highest BCUT2D eigenvalue weighted by atomic mass is 32.2. The largest absolute Gasteiger partial charge is 0.282 e. The van der Waals surface area contributed by atoms with Crippen molar-refractivity contribution in [2.45, 2.75) is 33.1 Å². The van der Waals surface area contributed by atoms with E-state index in [9.17, 15) is 4.79 Å². The summed E-state index contributed by atoms with van der Waals surface area (Å²) in [5, 5.41) is 0.184. The lowest BCUT2D eigenvalue weighted by molar-refractivity contribution is -0.107. The molecule has 0 fully saturated rings.